The molecule has 0 saturated heterocycles. The van der Waals surface area contributed by atoms with E-state index in [-0.39, 0.29) is 6.04 Å². The Balaban J connectivity index is 1.94. The van der Waals surface area contributed by atoms with Crippen molar-refractivity contribution in [1.82, 2.24) is 14.7 Å². The average molecular weight is 248 g/mol. The molecule has 1 fully saturated rings. The number of hydrogen-bond acceptors (Lipinski definition) is 4. The quantitative estimate of drug-likeness (QED) is 0.625. The molecule has 1 aliphatic rings. The zero-order chi connectivity index (χ0) is 11.8. The Morgan fingerprint density at radius 1 is 1.53 bits per heavy atom. The summed E-state index contributed by atoms with van der Waals surface area (Å²) in [4.78, 5) is 7.73. The number of rotatable bonds is 4. The monoisotopic (exact) mass is 248 g/mol. The topological polar surface area (TPSA) is 66.7 Å². The Bertz CT molecular complexity index is 532. The summed E-state index contributed by atoms with van der Waals surface area (Å²) in [6.07, 6.45) is 2.52. The van der Waals surface area contributed by atoms with Gasteiger partial charge in [-0.2, -0.15) is 0 Å². The predicted octanol–water partition coefficient (Wildman–Crippen LogP) is 1.91. The lowest BCUT2D eigenvalue weighted by Crippen LogP contribution is -2.11. The number of H-pyrrole nitrogens is 1. The maximum Gasteiger partial charge on any atom is 0.122 e. The summed E-state index contributed by atoms with van der Waals surface area (Å²) in [6, 6.07) is 6.41. The smallest absolute Gasteiger partial charge is 0.122 e. The normalized spacial score (nSPS) is 17.5. The van der Waals surface area contributed by atoms with E-state index in [9.17, 15) is 0 Å². The molecule has 1 aromatic carbocycles. The van der Waals surface area contributed by atoms with Gasteiger partial charge in [0.2, 0.25) is 0 Å². The summed E-state index contributed by atoms with van der Waals surface area (Å²) >= 11 is 3.97. The van der Waals surface area contributed by atoms with Gasteiger partial charge in [0.05, 0.1) is 17.6 Å². The van der Waals surface area contributed by atoms with Gasteiger partial charge in [0.15, 0.2) is 0 Å². The maximum absolute atomic E-state index is 6.20. The minimum Gasteiger partial charge on any atom is -0.341 e. The Morgan fingerprint density at radius 2 is 2.35 bits per heavy atom. The van der Waals surface area contributed by atoms with Crippen LogP contribution in [0.25, 0.3) is 11.0 Å². The average Bonchev–Trinajstić information content (AvgIpc) is 3.09. The third-order valence-corrected chi connectivity index (χ3v) is 3.47. The molecule has 0 aliphatic heterocycles. The third-order valence-electron chi connectivity index (χ3n) is 3.32. The second kappa shape index (κ2) is 4.33. The molecule has 0 bridgehead atoms. The first-order valence-electron chi connectivity index (χ1n) is 5.89. The molecule has 3 rings (SSSR count). The van der Waals surface area contributed by atoms with Crippen LogP contribution < -0.4 is 10.5 Å². The minimum absolute atomic E-state index is 0.175. The van der Waals surface area contributed by atoms with Crippen LogP contribution in [0.3, 0.4) is 0 Å². The van der Waals surface area contributed by atoms with Gasteiger partial charge in [0.1, 0.15) is 5.82 Å². The van der Waals surface area contributed by atoms with Crippen LogP contribution >= 0.6 is 12.8 Å². The summed E-state index contributed by atoms with van der Waals surface area (Å²) in [5.41, 5.74) is 9.44. The molecular weight excluding hydrogens is 232 g/mol. The standard InChI is InChI=1S/C12H16N4S/c13-12(7-1-2-7)8-3-4-9-10(5-8)16-11(15-9)6-14-17/h3-5,7,12,14,17H,1-2,6,13H2,(H,15,16). The van der Waals surface area contributed by atoms with Crippen molar-refractivity contribution in [2.75, 3.05) is 0 Å². The summed E-state index contributed by atoms with van der Waals surface area (Å²) in [5, 5.41) is 0. The predicted molar refractivity (Wildman–Crippen MR) is 71.6 cm³/mol. The number of imidazole rings is 1. The summed E-state index contributed by atoms with van der Waals surface area (Å²) < 4.78 is 2.79. The van der Waals surface area contributed by atoms with Gasteiger partial charge in [-0.05, 0) is 36.5 Å². The highest BCUT2D eigenvalue weighted by molar-refractivity contribution is 7.78. The zero-order valence-corrected chi connectivity index (χ0v) is 10.4. The van der Waals surface area contributed by atoms with E-state index in [1.807, 2.05) is 6.07 Å². The highest BCUT2D eigenvalue weighted by Crippen LogP contribution is 2.39. The van der Waals surface area contributed by atoms with Crippen molar-refractivity contribution in [1.29, 1.82) is 0 Å². The fourth-order valence-corrected chi connectivity index (χ4v) is 2.32. The largest absolute Gasteiger partial charge is 0.341 e. The van der Waals surface area contributed by atoms with E-state index in [1.54, 1.807) is 0 Å². The number of nitrogens with zero attached hydrogens (tertiary/aromatic N) is 1. The van der Waals surface area contributed by atoms with E-state index < -0.39 is 0 Å². The van der Waals surface area contributed by atoms with E-state index in [0.717, 1.165) is 16.9 Å². The van der Waals surface area contributed by atoms with E-state index in [4.69, 9.17) is 5.73 Å². The Morgan fingerprint density at radius 3 is 3.06 bits per heavy atom. The molecule has 5 heteroatoms. The Hall–Kier alpha value is -1.04. The molecule has 1 aliphatic carbocycles. The van der Waals surface area contributed by atoms with Gasteiger partial charge in [0, 0.05) is 6.04 Å². The van der Waals surface area contributed by atoms with Crippen molar-refractivity contribution in [3.05, 3.63) is 29.6 Å². The third kappa shape index (κ3) is 2.18. The lowest BCUT2D eigenvalue weighted by atomic mass is 10.0. The van der Waals surface area contributed by atoms with Crippen LogP contribution in [-0.4, -0.2) is 9.97 Å². The molecule has 0 spiro atoms. The van der Waals surface area contributed by atoms with Crippen molar-refractivity contribution in [2.24, 2.45) is 11.7 Å². The van der Waals surface area contributed by atoms with Crippen molar-refractivity contribution in [3.8, 4) is 0 Å². The molecule has 4 nitrogen and oxygen atoms in total. The summed E-state index contributed by atoms with van der Waals surface area (Å²) in [5.74, 6) is 1.57. The molecule has 17 heavy (non-hydrogen) atoms. The van der Waals surface area contributed by atoms with Crippen LogP contribution in [0.15, 0.2) is 18.2 Å². The number of benzene rings is 1. The van der Waals surface area contributed by atoms with E-state index in [2.05, 4.69) is 39.6 Å². The number of fused-ring (bicyclic) bond motifs is 1. The van der Waals surface area contributed by atoms with Gasteiger partial charge >= 0.3 is 0 Å². The second-order valence-corrected chi connectivity index (χ2v) is 4.97. The van der Waals surface area contributed by atoms with Gasteiger partial charge in [-0.15, -0.1) is 0 Å². The Kier molecular flexibility index (Phi) is 2.82. The van der Waals surface area contributed by atoms with Crippen molar-refractivity contribution >= 4 is 23.8 Å². The number of aromatic amines is 1. The highest BCUT2D eigenvalue weighted by atomic mass is 32.1. The first-order chi connectivity index (χ1) is 8.28. The van der Waals surface area contributed by atoms with E-state index >= 15 is 0 Å². The lowest BCUT2D eigenvalue weighted by Gasteiger charge is -2.09. The van der Waals surface area contributed by atoms with Crippen molar-refractivity contribution in [2.45, 2.75) is 25.4 Å². The Labute approximate surface area is 106 Å². The molecule has 0 radical (unpaired) electrons. The fraction of sp³-hybridized carbons (Fsp3) is 0.417. The van der Waals surface area contributed by atoms with Gasteiger partial charge in [-0.1, -0.05) is 18.9 Å². The second-order valence-electron chi connectivity index (χ2n) is 4.66. The van der Waals surface area contributed by atoms with Crippen LogP contribution in [0.1, 0.15) is 30.3 Å². The minimum atomic E-state index is 0.175. The van der Waals surface area contributed by atoms with Crippen molar-refractivity contribution < 1.29 is 0 Å². The van der Waals surface area contributed by atoms with Crippen LogP contribution in [0.2, 0.25) is 0 Å². The number of thiol groups is 1. The fourth-order valence-electron chi connectivity index (χ4n) is 2.17. The molecule has 1 heterocycles. The number of nitrogens with one attached hydrogen (secondary N) is 2. The maximum atomic E-state index is 6.20. The molecule has 1 saturated carbocycles. The van der Waals surface area contributed by atoms with Crippen LogP contribution in [-0.2, 0) is 6.54 Å². The van der Waals surface area contributed by atoms with E-state index in [1.165, 1.54) is 18.4 Å². The lowest BCUT2D eigenvalue weighted by molar-refractivity contribution is 0.634. The van der Waals surface area contributed by atoms with Crippen LogP contribution in [0, 0.1) is 5.92 Å². The molecular formula is C12H16N4S. The van der Waals surface area contributed by atoms with Crippen LogP contribution in [0.5, 0.6) is 0 Å². The zero-order valence-electron chi connectivity index (χ0n) is 9.48. The number of aromatic nitrogens is 2. The molecule has 90 valence electrons. The molecule has 1 atom stereocenters. The molecule has 4 N–H and O–H groups in total. The molecule has 2 aromatic rings. The van der Waals surface area contributed by atoms with Crippen molar-refractivity contribution in [3.63, 3.8) is 0 Å². The SMILES string of the molecule is NC(c1ccc2nc(CNS)[nH]c2c1)C1CC1. The first-order valence-corrected chi connectivity index (χ1v) is 6.34. The van der Waals surface area contributed by atoms with E-state index in [0.29, 0.717) is 12.5 Å². The number of nitrogens with two attached hydrogens (primary N) is 1. The molecule has 0 amide bonds. The first kappa shape index (κ1) is 11.1. The van der Waals surface area contributed by atoms with Gasteiger partial charge < -0.3 is 10.7 Å². The van der Waals surface area contributed by atoms with Gasteiger partial charge in [-0.3, -0.25) is 4.72 Å². The van der Waals surface area contributed by atoms with Gasteiger partial charge in [0.25, 0.3) is 0 Å². The number of hydrogen-bond donors (Lipinski definition) is 4. The molecule has 1 aromatic heterocycles. The molecule has 1 unspecified atom stereocenters. The summed E-state index contributed by atoms with van der Waals surface area (Å²) in [6.45, 7) is 0.627. The van der Waals surface area contributed by atoms with Crippen LogP contribution in [0.4, 0.5) is 0 Å². The summed E-state index contributed by atoms with van der Waals surface area (Å²) in [7, 11) is 0. The van der Waals surface area contributed by atoms with Gasteiger partial charge in [-0.25, -0.2) is 4.98 Å². The highest BCUT2D eigenvalue weighted by Gasteiger charge is 2.29.